The Hall–Kier alpha value is -3.04. The van der Waals surface area contributed by atoms with Gasteiger partial charge in [-0.15, -0.1) is 16.9 Å². The van der Waals surface area contributed by atoms with Gasteiger partial charge in [0, 0.05) is 17.1 Å². The van der Waals surface area contributed by atoms with Gasteiger partial charge in [-0.3, -0.25) is 11.1 Å². The molecule has 0 aliphatic rings. The molecule has 0 amide bonds. The van der Waals surface area contributed by atoms with Crippen molar-refractivity contribution in [2.24, 2.45) is 0 Å². The first-order valence-electron chi connectivity index (χ1n) is 12.0. The number of hydrogen-bond donors (Lipinski definition) is 0. The molecule has 2 atom stereocenters. The Morgan fingerprint density at radius 2 is 0.622 bits per heavy atom. The van der Waals surface area contributed by atoms with E-state index < -0.39 is 0 Å². The summed E-state index contributed by atoms with van der Waals surface area (Å²) in [7, 11) is 5.66. The molecule has 0 nitrogen and oxygen atoms in total. The third-order valence-electron chi connectivity index (χ3n) is 6.23. The minimum atomic E-state index is 0. The molecule has 188 valence electrons. The van der Waals surface area contributed by atoms with Crippen LogP contribution in [0.25, 0.3) is 44.5 Å². The Balaban J connectivity index is 0.000000404. The van der Waals surface area contributed by atoms with Gasteiger partial charge in [0.2, 0.25) is 0 Å². The van der Waals surface area contributed by atoms with Crippen LogP contribution in [0.5, 0.6) is 0 Å². The average molecular weight is 554 g/mol. The fourth-order valence-corrected chi connectivity index (χ4v) is 5.47. The van der Waals surface area contributed by atoms with E-state index in [4.69, 9.17) is 0 Å². The SMILES string of the molecule is P[c-]1[c-](-c2ccccc2)[c-](-c2ccccc2)[c-](-c2ccccc2)[c-]1-c1ccccc1.P[c-]1cccc1.[Fe]. The van der Waals surface area contributed by atoms with Crippen molar-refractivity contribution >= 4 is 29.1 Å². The van der Waals surface area contributed by atoms with E-state index in [2.05, 4.69) is 140 Å². The Kier molecular flexibility index (Phi) is 9.46. The molecule has 0 saturated heterocycles. The summed E-state index contributed by atoms with van der Waals surface area (Å²) in [5.74, 6) is 0. The zero-order chi connectivity index (χ0) is 24.7. The summed E-state index contributed by atoms with van der Waals surface area (Å²) in [5, 5.41) is 2.50. The van der Waals surface area contributed by atoms with E-state index in [1.54, 1.807) is 0 Å². The second-order valence-electron chi connectivity index (χ2n) is 8.60. The molecule has 0 heterocycles. The van der Waals surface area contributed by atoms with Gasteiger partial charge in [0.25, 0.3) is 0 Å². The third-order valence-corrected chi connectivity index (χ3v) is 7.19. The summed E-state index contributed by atoms with van der Waals surface area (Å²) in [6, 6.07) is 51.1. The molecular formula is C34H28FeP2-6. The first-order chi connectivity index (χ1) is 17.7. The van der Waals surface area contributed by atoms with E-state index >= 15 is 0 Å². The first kappa shape index (κ1) is 27.0. The van der Waals surface area contributed by atoms with Crippen molar-refractivity contribution in [3.8, 4) is 44.5 Å². The molecule has 0 aliphatic carbocycles. The molecule has 37 heavy (non-hydrogen) atoms. The van der Waals surface area contributed by atoms with Gasteiger partial charge in [-0.1, -0.05) is 66.7 Å². The predicted octanol–water partition coefficient (Wildman–Crippen LogP) is 8.48. The summed E-state index contributed by atoms with van der Waals surface area (Å²) in [6.07, 6.45) is 0. The molecular weight excluding hydrogens is 526 g/mol. The summed E-state index contributed by atoms with van der Waals surface area (Å²) < 4.78 is 0. The van der Waals surface area contributed by atoms with Crippen LogP contribution in [-0.2, 0) is 17.1 Å². The van der Waals surface area contributed by atoms with E-state index in [1.807, 2.05) is 24.3 Å². The van der Waals surface area contributed by atoms with Gasteiger partial charge in [-0.25, -0.2) is 21.4 Å². The van der Waals surface area contributed by atoms with Crippen LogP contribution >= 0.6 is 18.5 Å². The zero-order valence-electron chi connectivity index (χ0n) is 20.4. The number of rotatable bonds is 4. The van der Waals surface area contributed by atoms with Crippen LogP contribution in [0.2, 0.25) is 0 Å². The van der Waals surface area contributed by atoms with Gasteiger partial charge >= 0.3 is 0 Å². The van der Waals surface area contributed by atoms with Crippen molar-refractivity contribution in [2.45, 2.75) is 0 Å². The summed E-state index contributed by atoms with van der Waals surface area (Å²) in [6.45, 7) is 0. The van der Waals surface area contributed by atoms with E-state index in [1.165, 1.54) is 55.1 Å². The molecule has 0 spiro atoms. The van der Waals surface area contributed by atoms with Crippen molar-refractivity contribution in [3.05, 3.63) is 146 Å². The van der Waals surface area contributed by atoms with Crippen molar-refractivity contribution in [1.29, 1.82) is 0 Å². The molecule has 0 aliphatic heterocycles. The molecule has 0 aromatic heterocycles. The van der Waals surface area contributed by atoms with Crippen LogP contribution < -0.4 is 10.6 Å². The minimum Gasteiger partial charge on any atom is -0.523 e. The van der Waals surface area contributed by atoms with Gasteiger partial charge in [0.15, 0.2) is 0 Å². The van der Waals surface area contributed by atoms with E-state index in [0.29, 0.717) is 0 Å². The standard InChI is InChI=1S/C29H22P.C5H6P.Fe/c30-29-27(23-17-9-3-10-18-23)25(21-13-5-1-6-14-21)26(22-15-7-2-8-16-22)28(29)24-19-11-4-12-20-24;6-5-3-1-2-4-5;/h1-20H,30H2;1-4H,6H2;/q-5;-1;. The summed E-state index contributed by atoms with van der Waals surface area (Å²) in [4.78, 5) is 0. The second-order valence-corrected chi connectivity index (χ2v) is 9.84. The van der Waals surface area contributed by atoms with Crippen LogP contribution in [-0.4, -0.2) is 0 Å². The van der Waals surface area contributed by atoms with Gasteiger partial charge in [0.1, 0.15) is 0 Å². The largest absolute Gasteiger partial charge is 0.523 e. The molecule has 6 aromatic rings. The van der Waals surface area contributed by atoms with E-state index in [-0.39, 0.29) is 17.1 Å². The Bertz CT molecular complexity index is 1400. The Labute approximate surface area is 235 Å². The molecule has 0 N–H and O–H groups in total. The van der Waals surface area contributed by atoms with Gasteiger partial charge in [-0.05, 0) is 0 Å². The van der Waals surface area contributed by atoms with Crippen molar-refractivity contribution < 1.29 is 17.1 Å². The van der Waals surface area contributed by atoms with Gasteiger partial charge < -0.3 is 45.3 Å². The quantitative estimate of drug-likeness (QED) is 0.117. The zero-order valence-corrected chi connectivity index (χ0v) is 23.8. The summed E-state index contributed by atoms with van der Waals surface area (Å²) in [5.41, 5.74) is 10.1. The van der Waals surface area contributed by atoms with Crippen LogP contribution in [0.1, 0.15) is 0 Å². The molecule has 0 radical (unpaired) electrons. The average Bonchev–Trinajstić information content (AvgIpc) is 3.55. The van der Waals surface area contributed by atoms with Crippen molar-refractivity contribution in [1.82, 2.24) is 0 Å². The monoisotopic (exact) mass is 554 g/mol. The maximum absolute atomic E-state index is 3.05. The summed E-state index contributed by atoms with van der Waals surface area (Å²) >= 11 is 0. The Morgan fingerprint density at radius 3 is 0.865 bits per heavy atom. The minimum absolute atomic E-state index is 0. The molecule has 6 rings (SSSR count). The molecule has 0 bridgehead atoms. The van der Waals surface area contributed by atoms with Crippen LogP contribution in [0.3, 0.4) is 0 Å². The molecule has 2 unspecified atom stereocenters. The third kappa shape index (κ3) is 6.10. The molecule has 6 aromatic carbocycles. The normalized spacial score (nSPS) is 10.2. The maximum atomic E-state index is 3.05. The number of benzene rings is 4. The van der Waals surface area contributed by atoms with Crippen LogP contribution in [0, 0.1) is 0 Å². The molecule has 0 fully saturated rings. The van der Waals surface area contributed by atoms with Gasteiger partial charge in [0.05, 0.1) is 0 Å². The Morgan fingerprint density at radius 1 is 0.351 bits per heavy atom. The van der Waals surface area contributed by atoms with E-state index in [9.17, 15) is 0 Å². The van der Waals surface area contributed by atoms with Crippen molar-refractivity contribution in [3.63, 3.8) is 0 Å². The van der Waals surface area contributed by atoms with Crippen LogP contribution in [0.15, 0.2) is 146 Å². The molecule has 0 saturated carbocycles. The van der Waals surface area contributed by atoms with E-state index in [0.717, 1.165) is 0 Å². The maximum Gasteiger partial charge on any atom is 0 e. The van der Waals surface area contributed by atoms with Gasteiger partial charge in [-0.2, -0.15) is 57.8 Å². The van der Waals surface area contributed by atoms with Crippen LogP contribution in [0.4, 0.5) is 0 Å². The number of hydrogen-bond acceptors (Lipinski definition) is 0. The molecule has 3 heteroatoms. The second kappa shape index (κ2) is 13.0. The smallest absolute Gasteiger partial charge is 0 e. The predicted molar refractivity (Wildman–Crippen MR) is 165 cm³/mol. The van der Waals surface area contributed by atoms with Crippen molar-refractivity contribution in [2.75, 3.05) is 0 Å². The fraction of sp³-hybridized carbons (Fsp3) is 0. The topological polar surface area (TPSA) is 0 Å². The fourth-order valence-electron chi connectivity index (χ4n) is 4.63. The first-order valence-corrected chi connectivity index (χ1v) is 13.2.